The van der Waals surface area contributed by atoms with E-state index >= 15 is 0 Å². The van der Waals surface area contributed by atoms with E-state index < -0.39 is 0 Å². The third kappa shape index (κ3) is 5.20. The summed E-state index contributed by atoms with van der Waals surface area (Å²) in [4.78, 5) is 21.5. The molecule has 1 saturated heterocycles. The maximum absolute atomic E-state index is 13.6. The van der Waals surface area contributed by atoms with Crippen LogP contribution >= 0.6 is 0 Å². The first-order chi connectivity index (χ1) is 19.1. The molecule has 1 aliphatic heterocycles. The molecule has 0 aliphatic carbocycles. The van der Waals surface area contributed by atoms with Gasteiger partial charge in [0.05, 0.1) is 0 Å². The molecule has 5 aromatic rings. The smallest absolute Gasteiger partial charge is 0.253 e. The summed E-state index contributed by atoms with van der Waals surface area (Å²) in [6.07, 6.45) is 0.805. The second kappa shape index (κ2) is 10.8. The molecule has 3 heterocycles. The molecule has 0 spiro atoms. The molecular formula is C31H33N7O. The Bertz CT molecular complexity index is 1620. The number of hydrogen-bond donors (Lipinski definition) is 1. The maximum Gasteiger partial charge on any atom is 0.253 e. The normalized spacial score (nSPS) is 15.1. The van der Waals surface area contributed by atoms with Crippen molar-refractivity contribution in [3.63, 3.8) is 0 Å². The van der Waals surface area contributed by atoms with Crippen LogP contribution < -0.4 is 10.5 Å². The molecule has 2 aromatic heterocycles. The molecule has 0 bridgehead atoms. The predicted molar refractivity (Wildman–Crippen MR) is 154 cm³/mol. The molecule has 3 aromatic carbocycles. The van der Waals surface area contributed by atoms with E-state index in [4.69, 9.17) is 0 Å². The van der Waals surface area contributed by atoms with Gasteiger partial charge in [-0.05, 0) is 71.7 Å². The number of pyridine rings is 1. The molecule has 39 heavy (non-hydrogen) atoms. The average molecular weight is 520 g/mol. The van der Waals surface area contributed by atoms with E-state index in [1.807, 2.05) is 41.1 Å². The van der Waals surface area contributed by atoms with E-state index in [0.717, 1.165) is 54.6 Å². The molecule has 6 rings (SSSR count). The lowest BCUT2D eigenvalue weighted by molar-refractivity contribution is 0.199. The number of hydrogen-bond acceptors (Lipinski definition) is 6. The lowest BCUT2D eigenvalue weighted by atomic mass is 9.99. The van der Waals surface area contributed by atoms with Crippen LogP contribution in [0.15, 0.2) is 83.7 Å². The summed E-state index contributed by atoms with van der Waals surface area (Å²) >= 11 is 0. The van der Waals surface area contributed by atoms with Gasteiger partial charge in [-0.25, -0.2) is 4.68 Å². The third-order valence-electron chi connectivity index (χ3n) is 7.70. The Balaban J connectivity index is 1.37. The fraction of sp³-hybridized carbons (Fsp3) is 0.290. The van der Waals surface area contributed by atoms with Crippen LogP contribution in [-0.2, 0) is 13.0 Å². The van der Waals surface area contributed by atoms with E-state index in [1.165, 1.54) is 11.3 Å². The topological polar surface area (TPSA) is 82.9 Å². The monoisotopic (exact) mass is 519 g/mol. The lowest BCUT2D eigenvalue weighted by Crippen LogP contribution is -2.49. The van der Waals surface area contributed by atoms with Gasteiger partial charge >= 0.3 is 0 Å². The van der Waals surface area contributed by atoms with Crippen molar-refractivity contribution < 1.29 is 0 Å². The van der Waals surface area contributed by atoms with Crippen molar-refractivity contribution in [3.8, 4) is 0 Å². The van der Waals surface area contributed by atoms with Gasteiger partial charge in [0.1, 0.15) is 6.04 Å². The Morgan fingerprint density at radius 1 is 0.897 bits per heavy atom. The van der Waals surface area contributed by atoms with Crippen LogP contribution in [0, 0.1) is 13.8 Å². The first-order valence-corrected chi connectivity index (χ1v) is 13.5. The number of benzene rings is 3. The molecule has 8 nitrogen and oxygen atoms in total. The maximum atomic E-state index is 13.6. The highest BCUT2D eigenvalue weighted by Crippen LogP contribution is 2.30. The standard InChI is InChI=1S/C31H33N7O/c1-22-19-23(2)26-21-27(31(39)32-28(26)20-22)29(37-17-15-36(16-18-37)25-11-7-4-8-12-25)30-33-34-35-38(30)14-13-24-9-5-3-6-10-24/h3-12,19-21,29H,13-18H2,1-2H3,(H,32,39)/t29-/m0/s1. The minimum absolute atomic E-state index is 0.0967. The number of piperazine rings is 1. The zero-order chi connectivity index (χ0) is 26.8. The molecule has 0 amide bonds. The van der Waals surface area contributed by atoms with Gasteiger partial charge < -0.3 is 9.88 Å². The fourth-order valence-corrected chi connectivity index (χ4v) is 5.71. The van der Waals surface area contributed by atoms with Crippen molar-refractivity contribution in [1.82, 2.24) is 30.1 Å². The number of rotatable bonds is 7. The highest BCUT2D eigenvalue weighted by atomic mass is 16.1. The Kier molecular flexibility index (Phi) is 6.94. The van der Waals surface area contributed by atoms with Gasteiger partial charge in [-0.3, -0.25) is 9.69 Å². The van der Waals surface area contributed by atoms with Crippen LogP contribution in [-0.4, -0.2) is 56.3 Å². The molecule has 1 atom stereocenters. The minimum Gasteiger partial charge on any atom is -0.369 e. The van der Waals surface area contributed by atoms with Crippen molar-refractivity contribution in [2.75, 3.05) is 31.1 Å². The predicted octanol–water partition coefficient (Wildman–Crippen LogP) is 4.29. The SMILES string of the molecule is Cc1cc(C)c2cc([C@@H](c3nnnn3CCc3ccccc3)N3CCN(c4ccccc4)CC3)c(=O)[nH]c2c1. The second-order valence-corrected chi connectivity index (χ2v) is 10.4. The van der Waals surface area contributed by atoms with Gasteiger partial charge in [-0.2, -0.15) is 0 Å². The molecule has 0 saturated carbocycles. The minimum atomic E-state index is -0.359. The van der Waals surface area contributed by atoms with Gasteiger partial charge in [0.15, 0.2) is 5.82 Å². The summed E-state index contributed by atoms with van der Waals surface area (Å²) in [6, 6.07) is 26.7. The first-order valence-electron chi connectivity index (χ1n) is 13.5. The number of nitrogens with one attached hydrogen (secondary N) is 1. The number of aromatic nitrogens is 5. The molecule has 1 aliphatic rings. The van der Waals surface area contributed by atoms with Gasteiger partial charge in [0, 0.05) is 54.9 Å². The van der Waals surface area contributed by atoms with Crippen LogP contribution in [0.2, 0.25) is 0 Å². The summed E-state index contributed by atoms with van der Waals surface area (Å²) in [5, 5.41) is 14.0. The number of H-pyrrole nitrogens is 1. The van der Waals surface area contributed by atoms with Crippen molar-refractivity contribution in [2.24, 2.45) is 0 Å². The first kappa shape index (κ1) is 25.0. The van der Waals surface area contributed by atoms with E-state index in [-0.39, 0.29) is 11.6 Å². The van der Waals surface area contributed by atoms with Crippen molar-refractivity contribution in [1.29, 1.82) is 0 Å². The fourth-order valence-electron chi connectivity index (χ4n) is 5.71. The quantitative estimate of drug-likeness (QED) is 0.346. The molecule has 8 heteroatoms. The molecule has 198 valence electrons. The van der Waals surface area contributed by atoms with Gasteiger partial charge in [0.25, 0.3) is 5.56 Å². The van der Waals surface area contributed by atoms with Crippen molar-refractivity contribution in [2.45, 2.75) is 32.9 Å². The zero-order valence-electron chi connectivity index (χ0n) is 22.4. The van der Waals surface area contributed by atoms with Crippen molar-refractivity contribution >= 4 is 16.6 Å². The van der Waals surface area contributed by atoms with Gasteiger partial charge in [-0.1, -0.05) is 54.6 Å². The number of anilines is 1. The highest BCUT2D eigenvalue weighted by Gasteiger charge is 2.33. The lowest BCUT2D eigenvalue weighted by Gasteiger charge is -2.39. The molecule has 1 N–H and O–H groups in total. The third-order valence-corrected chi connectivity index (χ3v) is 7.70. The van der Waals surface area contributed by atoms with Crippen LogP contribution in [0.25, 0.3) is 10.9 Å². The van der Waals surface area contributed by atoms with Crippen LogP contribution in [0.3, 0.4) is 0 Å². The van der Waals surface area contributed by atoms with Crippen LogP contribution in [0.1, 0.15) is 34.1 Å². The largest absolute Gasteiger partial charge is 0.369 e. The molecule has 0 unspecified atom stereocenters. The Labute approximate surface area is 227 Å². The number of aromatic amines is 1. The molecule has 0 radical (unpaired) electrons. The average Bonchev–Trinajstić information content (AvgIpc) is 3.42. The van der Waals surface area contributed by atoms with E-state index in [2.05, 4.69) is 86.6 Å². The Morgan fingerprint density at radius 2 is 1.62 bits per heavy atom. The van der Waals surface area contributed by atoms with E-state index in [0.29, 0.717) is 17.9 Å². The van der Waals surface area contributed by atoms with Gasteiger partial charge in [0.2, 0.25) is 0 Å². The number of aryl methyl sites for hydroxylation is 4. The molecular weight excluding hydrogens is 486 g/mol. The van der Waals surface area contributed by atoms with E-state index in [9.17, 15) is 4.79 Å². The van der Waals surface area contributed by atoms with Crippen LogP contribution in [0.4, 0.5) is 5.69 Å². The summed E-state index contributed by atoms with van der Waals surface area (Å²) in [6.45, 7) is 8.07. The Hall–Kier alpha value is -4.30. The van der Waals surface area contributed by atoms with Crippen molar-refractivity contribution in [3.05, 3.63) is 117 Å². The zero-order valence-corrected chi connectivity index (χ0v) is 22.4. The van der Waals surface area contributed by atoms with Crippen LogP contribution in [0.5, 0.6) is 0 Å². The summed E-state index contributed by atoms with van der Waals surface area (Å²) in [7, 11) is 0. The number of tetrazole rings is 1. The molecule has 1 fully saturated rings. The van der Waals surface area contributed by atoms with E-state index in [1.54, 1.807) is 0 Å². The number of nitrogens with zero attached hydrogens (tertiary/aromatic N) is 6. The number of fused-ring (bicyclic) bond motifs is 1. The summed E-state index contributed by atoms with van der Waals surface area (Å²) in [5.41, 5.74) is 6.15. The highest BCUT2D eigenvalue weighted by molar-refractivity contribution is 5.83. The summed E-state index contributed by atoms with van der Waals surface area (Å²) < 4.78 is 1.87. The van der Waals surface area contributed by atoms with Gasteiger partial charge in [-0.15, -0.1) is 5.10 Å². The second-order valence-electron chi connectivity index (χ2n) is 10.4. The Morgan fingerprint density at radius 3 is 2.36 bits per heavy atom. The summed E-state index contributed by atoms with van der Waals surface area (Å²) in [5.74, 6) is 0.703. The number of para-hydroxylation sites is 1.